The highest BCUT2D eigenvalue weighted by Crippen LogP contribution is 2.35. The number of pyridine rings is 1. The third-order valence-corrected chi connectivity index (χ3v) is 10.3. The van der Waals surface area contributed by atoms with Crippen molar-refractivity contribution in [2.75, 3.05) is 39.9 Å². The van der Waals surface area contributed by atoms with Crippen molar-refractivity contribution >= 4 is 11.7 Å². The van der Waals surface area contributed by atoms with E-state index in [0.29, 0.717) is 35.1 Å². The summed E-state index contributed by atoms with van der Waals surface area (Å²) in [4.78, 5) is 39.5. The number of nitrogens with one attached hydrogen (secondary N) is 1. The van der Waals surface area contributed by atoms with E-state index in [4.69, 9.17) is 13.9 Å². The summed E-state index contributed by atoms with van der Waals surface area (Å²) in [5, 5.41) is 25.3. The Balaban J connectivity index is 1.19. The first-order valence-corrected chi connectivity index (χ1v) is 18.2. The molecule has 6 rings (SSSR count). The molecule has 2 aromatic heterocycles. The van der Waals surface area contributed by atoms with Crippen LogP contribution in [0.15, 0.2) is 83.5 Å². The molecule has 1 unspecified atom stereocenters. The number of aliphatic hydroxyl groups excluding tert-OH is 2. The van der Waals surface area contributed by atoms with Crippen LogP contribution in [0.25, 0.3) is 11.5 Å². The Kier molecular flexibility index (Phi) is 12.2. The molecule has 2 aromatic carbocycles. The van der Waals surface area contributed by atoms with Gasteiger partial charge in [0.05, 0.1) is 37.0 Å². The van der Waals surface area contributed by atoms with Crippen molar-refractivity contribution in [1.29, 1.82) is 0 Å². The predicted octanol–water partition coefficient (Wildman–Crippen LogP) is 4.71. The van der Waals surface area contributed by atoms with Gasteiger partial charge < -0.3 is 29.4 Å². The van der Waals surface area contributed by atoms with Crippen LogP contribution in [0.3, 0.4) is 0 Å². The lowest BCUT2D eigenvalue weighted by Gasteiger charge is -2.46. The Morgan fingerprint density at radius 3 is 2.55 bits per heavy atom. The average molecular weight is 766 g/mol. The van der Waals surface area contributed by atoms with Gasteiger partial charge in [-0.05, 0) is 44.4 Å². The number of alkyl halides is 3. The lowest BCUT2D eigenvalue weighted by molar-refractivity contribution is -0.159. The number of nitrogens with zero attached hydrogens (tertiary/aromatic N) is 4. The van der Waals surface area contributed by atoms with E-state index in [1.54, 1.807) is 47.5 Å². The molecule has 0 saturated carbocycles. The summed E-state index contributed by atoms with van der Waals surface area (Å²) >= 11 is 0. The van der Waals surface area contributed by atoms with Gasteiger partial charge in [0.25, 0.3) is 0 Å². The average Bonchev–Trinajstić information content (AvgIpc) is 3.67. The molecule has 4 aromatic rings. The number of β-amino-alcohol motifs (C(OH)–C–C–N with tert-alkyl or cyclic N) is 1. The molecule has 3 N–H and O–H groups in total. The number of halogens is 3. The number of hydrogen-bond donors (Lipinski definition) is 3. The number of oxazole rings is 1. The lowest BCUT2D eigenvalue weighted by Crippen LogP contribution is -2.61. The number of piperazine rings is 1. The third-order valence-electron chi connectivity index (χ3n) is 10.3. The second kappa shape index (κ2) is 16.9. The number of aliphatic hydroxyl groups is 2. The number of Topliss-reactive ketones (excluding diaryl/α,β-unsaturated/α-hetero) is 1. The van der Waals surface area contributed by atoms with Crippen molar-refractivity contribution in [1.82, 2.24) is 25.1 Å². The van der Waals surface area contributed by atoms with E-state index >= 15 is 0 Å². The highest BCUT2D eigenvalue weighted by atomic mass is 19.4. The Morgan fingerprint density at radius 1 is 1.05 bits per heavy atom. The van der Waals surface area contributed by atoms with Crippen LogP contribution in [0.5, 0.6) is 11.5 Å². The topological polar surface area (TPSA) is 150 Å². The van der Waals surface area contributed by atoms with E-state index in [1.807, 2.05) is 49.1 Å². The van der Waals surface area contributed by atoms with Crippen LogP contribution in [0, 0.1) is 5.92 Å². The van der Waals surface area contributed by atoms with Crippen molar-refractivity contribution in [3.63, 3.8) is 0 Å². The number of ether oxygens (including phenoxy) is 2. The van der Waals surface area contributed by atoms with Gasteiger partial charge in [0.1, 0.15) is 36.3 Å². The maximum atomic E-state index is 13.9. The number of fused-ring (bicyclic) bond motifs is 1. The number of hydrogen-bond acceptors (Lipinski definition) is 11. The van der Waals surface area contributed by atoms with Gasteiger partial charge in [0.2, 0.25) is 11.8 Å². The summed E-state index contributed by atoms with van der Waals surface area (Å²) in [6.45, 7) is 3.86. The molecule has 294 valence electrons. The fraction of sp³-hybridized carbons (Fsp3) is 0.450. The standard InChI is InChI=1S/C40H46F3N5O7/c1-39(2,38-45-21-35(55-38)30-19-28(53-3)13-14-44-30)48-16-15-47(31(23-48)32(50)20-40(41,42)43)22-27(49)18-26(17-25-9-5-4-6-10-25)37(52)46-36-29-11-7-8-12-34(29)54-24-33(36)51/h4-14,19,21,26-27,31,33,36,49,51H,15-18,20,22-24H2,1-3H3,(H,46,52)/t26-,27-,31?,33-,36+/m1/s1. The van der Waals surface area contributed by atoms with Crippen LogP contribution >= 0.6 is 0 Å². The second-order valence-corrected chi connectivity index (χ2v) is 14.6. The smallest absolute Gasteiger partial charge is 0.395 e. The Hall–Kier alpha value is -4.83. The lowest BCUT2D eigenvalue weighted by atomic mass is 9.90. The van der Waals surface area contributed by atoms with Gasteiger partial charge in [0.15, 0.2) is 11.5 Å². The largest absolute Gasteiger partial charge is 0.497 e. The van der Waals surface area contributed by atoms with Gasteiger partial charge in [-0.3, -0.25) is 24.4 Å². The molecule has 0 bridgehead atoms. The van der Waals surface area contributed by atoms with Gasteiger partial charge in [-0.2, -0.15) is 13.2 Å². The molecule has 1 fully saturated rings. The SMILES string of the molecule is COc1ccnc(-c2cnc(C(C)(C)N3CCN(C[C@H](O)C[C@@H](Cc4ccccc4)C(=O)N[C@H]4c5ccccc5OC[C@H]4O)C(C(=O)CC(F)(F)F)C3)o2)c1. The maximum absolute atomic E-state index is 13.9. The second-order valence-electron chi connectivity index (χ2n) is 14.6. The van der Waals surface area contributed by atoms with Crippen molar-refractivity contribution in [3.05, 3.63) is 96.1 Å². The van der Waals surface area contributed by atoms with Gasteiger partial charge in [-0.25, -0.2) is 4.98 Å². The Morgan fingerprint density at radius 2 is 1.80 bits per heavy atom. The van der Waals surface area contributed by atoms with Crippen LogP contribution in [-0.4, -0.2) is 106 Å². The highest BCUT2D eigenvalue weighted by molar-refractivity contribution is 5.85. The zero-order valence-corrected chi connectivity index (χ0v) is 30.9. The number of amides is 1. The predicted molar refractivity (Wildman–Crippen MR) is 195 cm³/mol. The molecule has 15 heteroatoms. The summed E-state index contributed by atoms with van der Waals surface area (Å²) in [6.07, 6.45) is -5.26. The normalized spacial score (nSPS) is 20.5. The van der Waals surface area contributed by atoms with E-state index in [0.717, 1.165) is 5.56 Å². The quantitative estimate of drug-likeness (QED) is 0.164. The third kappa shape index (κ3) is 9.71. The Labute approximate surface area is 317 Å². The minimum absolute atomic E-state index is 0.0132. The first kappa shape index (κ1) is 39.9. The number of ketones is 1. The number of carbonyl (C=O) groups excluding carboxylic acids is 2. The summed E-state index contributed by atoms with van der Waals surface area (Å²) in [5.74, 6) is -0.432. The molecule has 5 atom stereocenters. The molecule has 2 aliphatic rings. The molecule has 55 heavy (non-hydrogen) atoms. The van der Waals surface area contributed by atoms with Crippen molar-refractivity contribution in [3.8, 4) is 23.0 Å². The number of benzene rings is 2. The molecule has 1 amide bonds. The molecule has 1 saturated heterocycles. The van der Waals surface area contributed by atoms with Crippen molar-refractivity contribution < 1.29 is 46.9 Å². The first-order chi connectivity index (χ1) is 26.2. The van der Waals surface area contributed by atoms with Gasteiger partial charge in [0, 0.05) is 49.9 Å². The van der Waals surface area contributed by atoms with Crippen molar-refractivity contribution in [2.24, 2.45) is 5.92 Å². The Bertz CT molecular complexity index is 1920. The summed E-state index contributed by atoms with van der Waals surface area (Å²) in [7, 11) is 1.53. The summed E-state index contributed by atoms with van der Waals surface area (Å²) in [6, 6.07) is 17.8. The van der Waals surface area contributed by atoms with Crippen LogP contribution in [0.2, 0.25) is 0 Å². The fourth-order valence-corrected chi connectivity index (χ4v) is 7.30. The summed E-state index contributed by atoms with van der Waals surface area (Å²) < 4.78 is 57.9. The number of rotatable bonds is 14. The van der Waals surface area contributed by atoms with Gasteiger partial charge in [-0.1, -0.05) is 48.5 Å². The number of carbonyl (C=O) groups is 2. The fourth-order valence-electron chi connectivity index (χ4n) is 7.30. The molecule has 0 spiro atoms. The van der Waals surface area contributed by atoms with E-state index in [1.165, 1.54) is 13.3 Å². The zero-order chi connectivity index (χ0) is 39.3. The minimum atomic E-state index is -4.73. The van der Waals surface area contributed by atoms with Crippen molar-refractivity contribution in [2.45, 2.75) is 69.1 Å². The first-order valence-electron chi connectivity index (χ1n) is 18.2. The maximum Gasteiger partial charge on any atom is 0.395 e. The molecular weight excluding hydrogens is 719 g/mol. The molecule has 2 aliphatic heterocycles. The van der Waals surface area contributed by atoms with Crippen LogP contribution in [-0.2, 0) is 21.5 Å². The molecule has 4 heterocycles. The van der Waals surface area contributed by atoms with E-state index in [-0.39, 0.29) is 45.0 Å². The van der Waals surface area contributed by atoms with Gasteiger partial charge >= 0.3 is 6.18 Å². The minimum Gasteiger partial charge on any atom is -0.497 e. The molecule has 12 nitrogen and oxygen atoms in total. The van der Waals surface area contributed by atoms with E-state index < -0.39 is 60.0 Å². The van der Waals surface area contributed by atoms with Gasteiger partial charge in [-0.15, -0.1) is 0 Å². The zero-order valence-electron chi connectivity index (χ0n) is 30.9. The molecule has 0 radical (unpaired) electrons. The monoisotopic (exact) mass is 765 g/mol. The van der Waals surface area contributed by atoms with Crippen LogP contribution in [0.4, 0.5) is 13.2 Å². The number of para-hydroxylation sites is 1. The molecular formula is C40H46F3N5O7. The highest BCUT2D eigenvalue weighted by Gasteiger charge is 2.44. The van der Waals surface area contributed by atoms with Crippen LogP contribution < -0.4 is 14.8 Å². The summed E-state index contributed by atoms with van der Waals surface area (Å²) in [5.41, 5.74) is 1.01. The number of methoxy groups -OCH3 is 1. The number of aromatic nitrogens is 2. The van der Waals surface area contributed by atoms with E-state index in [9.17, 15) is 33.0 Å². The van der Waals surface area contributed by atoms with Crippen LogP contribution in [0.1, 0.15) is 49.7 Å². The van der Waals surface area contributed by atoms with E-state index in [2.05, 4.69) is 15.3 Å². The molecule has 0 aliphatic carbocycles.